The monoisotopic (exact) mass is 336 g/mol. The van der Waals surface area contributed by atoms with Crippen molar-refractivity contribution in [3.8, 4) is 0 Å². The number of nitrogens with zero attached hydrogens (tertiary/aromatic N) is 1. The summed E-state index contributed by atoms with van der Waals surface area (Å²) in [6.45, 7) is 0.540. The molecule has 1 aromatic carbocycles. The van der Waals surface area contributed by atoms with Crippen LogP contribution in [-0.4, -0.2) is 17.0 Å². The molecule has 23 heavy (non-hydrogen) atoms. The minimum atomic E-state index is -0.964. The number of carbonyl (C=O) groups excluding carboxylic acids is 1. The highest BCUT2D eigenvalue weighted by atomic mass is 32.1. The molecule has 0 saturated heterocycles. The topological polar surface area (TPSA) is 32.3 Å². The zero-order valence-electron chi connectivity index (χ0n) is 12.6. The van der Waals surface area contributed by atoms with Gasteiger partial charge in [0.15, 0.2) is 11.6 Å². The van der Waals surface area contributed by atoms with Crippen LogP contribution in [0.1, 0.15) is 30.6 Å². The normalized spacial score (nSPS) is 14.9. The lowest BCUT2D eigenvalue weighted by Gasteiger charge is -2.28. The van der Waals surface area contributed by atoms with Crippen molar-refractivity contribution in [1.29, 1.82) is 0 Å². The molecule has 1 fully saturated rings. The van der Waals surface area contributed by atoms with Crippen molar-refractivity contribution >= 4 is 23.1 Å². The summed E-state index contributed by atoms with van der Waals surface area (Å²) in [5, 5.41) is 4.67. The number of halogens is 2. The molecule has 0 unspecified atom stereocenters. The Bertz CT molecular complexity index is 669. The molecule has 122 valence electrons. The van der Waals surface area contributed by atoms with Crippen LogP contribution in [0.3, 0.4) is 0 Å². The third kappa shape index (κ3) is 3.88. The smallest absolute Gasteiger partial charge is 0.316 e. The zero-order chi connectivity index (χ0) is 16.2. The Morgan fingerprint density at radius 3 is 2.65 bits per heavy atom. The van der Waals surface area contributed by atoms with E-state index in [0.29, 0.717) is 6.54 Å². The van der Waals surface area contributed by atoms with Gasteiger partial charge in [-0.3, -0.25) is 0 Å². The summed E-state index contributed by atoms with van der Waals surface area (Å²) in [5.41, 5.74) is 0.267. The molecular weight excluding hydrogens is 318 g/mol. The van der Waals surface area contributed by atoms with Crippen LogP contribution in [-0.2, 0) is 6.54 Å². The highest BCUT2D eigenvalue weighted by Crippen LogP contribution is 2.27. The molecular formula is C17H18F2N2OS. The molecule has 2 amide bonds. The fourth-order valence-corrected chi connectivity index (χ4v) is 3.62. The molecule has 3 nitrogen and oxygen atoms in total. The third-order valence-electron chi connectivity index (χ3n) is 4.10. The van der Waals surface area contributed by atoms with Crippen molar-refractivity contribution in [2.75, 3.05) is 5.32 Å². The Kier molecular flexibility index (Phi) is 4.91. The van der Waals surface area contributed by atoms with Crippen molar-refractivity contribution in [2.24, 2.45) is 0 Å². The lowest BCUT2D eigenvalue weighted by Crippen LogP contribution is -2.41. The van der Waals surface area contributed by atoms with Gasteiger partial charge in [-0.1, -0.05) is 18.9 Å². The summed E-state index contributed by atoms with van der Waals surface area (Å²) in [4.78, 5) is 15.5. The fourth-order valence-electron chi connectivity index (χ4n) is 2.92. The summed E-state index contributed by atoms with van der Waals surface area (Å²) in [7, 11) is 0. The largest absolute Gasteiger partial charge is 0.322 e. The molecule has 6 heteroatoms. The van der Waals surface area contributed by atoms with Crippen LogP contribution in [0.2, 0.25) is 0 Å². The first-order valence-corrected chi connectivity index (χ1v) is 8.56. The van der Waals surface area contributed by atoms with E-state index >= 15 is 0 Å². The molecule has 1 N–H and O–H groups in total. The Labute approximate surface area is 137 Å². The number of rotatable bonds is 4. The van der Waals surface area contributed by atoms with Crippen LogP contribution in [0.4, 0.5) is 19.3 Å². The Hall–Kier alpha value is -1.95. The summed E-state index contributed by atoms with van der Waals surface area (Å²) in [6.07, 6.45) is 4.20. The quantitative estimate of drug-likeness (QED) is 0.837. The number of nitrogens with one attached hydrogen (secondary N) is 1. The number of thiophene rings is 1. The maximum absolute atomic E-state index is 13.3. The number of amides is 2. The molecule has 1 saturated carbocycles. The molecule has 0 spiro atoms. The third-order valence-corrected chi connectivity index (χ3v) is 4.96. The Morgan fingerprint density at radius 1 is 1.22 bits per heavy atom. The number of hydrogen-bond acceptors (Lipinski definition) is 2. The van der Waals surface area contributed by atoms with Crippen molar-refractivity contribution < 1.29 is 13.6 Å². The number of hydrogen-bond donors (Lipinski definition) is 1. The minimum Gasteiger partial charge on any atom is -0.316 e. The second kappa shape index (κ2) is 7.08. The van der Waals surface area contributed by atoms with Crippen molar-refractivity contribution in [3.05, 3.63) is 52.2 Å². The number of benzene rings is 1. The predicted octanol–water partition coefficient (Wildman–Crippen LogP) is 5.00. The highest BCUT2D eigenvalue weighted by molar-refractivity contribution is 7.09. The SMILES string of the molecule is O=C(Nc1ccc(F)c(F)c1)N(Cc1cccs1)C1CCCC1. The zero-order valence-corrected chi connectivity index (χ0v) is 13.4. The van der Waals surface area contributed by atoms with Crippen LogP contribution >= 0.6 is 11.3 Å². The first kappa shape index (κ1) is 15.9. The van der Waals surface area contributed by atoms with E-state index in [0.717, 1.165) is 42.7 Å². The van der Waals surface area contributed by atoms with E-state index in [4.69, 9.17) is 0 Å². The van der Waals surface area contributed by atoms with Crippen LogP contribution in [0, 0.1) is 11.6 Å². The molecule has 1 aliphatic carbocycles. The van der Waals surface area contributed by atoms with Crippen LogP contribution in [0.25, 0.3) is 0 Å². The van der Waals surface area contributed by atoms with Gasteiger partial charge in [-0.05, 0) is 36.4 Å². The van der Waals surface area contributed by atoms with E-state index < -0.39 is 11.6 Å². The van der Waals surface area contributed by atoms with Gasteiger partial charge in [0, 0.05) is 22.7 Å². The lowest BCUT2D eigenvalue weighted by atomic mass is 10.2. The lowest BCUT2D eigenvalue weighted by molar-refractivity contribution is 0.185. The van der Waals surface area contributed by atoms with Crippen molar-refractivity contribution in [3.63, 3.8) is 0 Å². The van der Waals surface area contributed by atoms with Gasteiger partial charge < -0.3 is 10.2 Å². The van der Waals surface area contributed by atoms with Crippen LogP contribution in [0.5, 0.6) is 0 Å². The Morgan fingerprint density at radius 2 is 2.00 bits per heavy atom. The van der Waals surface area contributed by atoms with Gasteiger partial charge >= 0.3 is 6.03 Å². The maximum atomic E-state index is 13.3. The predicted molar refractivity (Wildman–Crippen MR) is 87.5 cm³/mol. The van der Waals surface area contributed by atoms with Gasteiger partial charge in [0.1, 0.15) is 0 Å². The summed E-state index contributed by atoms with van der Waals surface area (Å²) >= 11 is 1.61. The molecule has 1 aromatic heterocycles. The second-order valence-electron chi connectivity index (χ2n) is 5.70. The number of carbonyl (C=O) groups is 1. The first-order valence-electron chi connectivity index (χ1n) is 7.68. The molecule has 2 aromatic rings. The van der Waals surface area contributed by atoms with E-state index in [2.05, 4.69) is 5.32 Å². The van der Waals surface area contributed by atoms with E-state index in [-0.39, 0.29) is 17.8 Å². The molecule has 1 aliphatic rings. The van der Waals surface area contributed by atoms with Gasteiger partial charge in [-0.25, -0.2) is 13.6 Å². The molecule has 0 radical (unpaired) electrons. The second-order valence-corrected chi connectivity index (χ2v) is 6.74. The molecule has 0 atom stereocenters. The minimum absolute atomic E-state index is 0.197. The van der Waals surface area contributed by atoms with Crippen molar-refractivity contribution in [2.45, 2.75) is 38.3 Å². The van der Waals surface area contributed by atoms with Crippen molar-refractivity contribution in [1.82, 2.24) is 4.90 Å². The summed E-state index contributed by atoms with van der Waals surface area (Å²) in [5.74, 6) is -1.89. The van der Waals surface area contributed by atoms with Gasteiger partial charge in [0.2, 0.25) is 0 Å². The molecule has 3 rings (SSSR count). The molecule has 1 heterocycles. The maximum Gasteiger partial charge on any atom is 0.322 e. The van der Waals surface area contributed by atoms with E-state index in [1.807, 2.05) is 17.5 Å². The van der Waals surface area contributed by atoms with E-state index in [9.17, 15) is 13.6 Å². The summed E-state index contributed by atoms with van der Waals surface area (Å²) in [6, 6.07) is 7.28. The van der Waals surface area contributed by atoms with Gasteiger partial charge in [0.05, 0.1) is 6.54 Å². The number of anilines is 1. The van der Waals surface area contributed by atoms with Gasteiger partial charge in [-0.15, -0.1) is 11.3 Å². The van der Waals surface area contributed by atoms with E-state index in [1.54, 1.807) is 16.2 Å². The molecule has 0 aliphatic heterocycles. The van der Waals surface area contributed by atoms with Gasteiger partial charge in [-0.2, -0.15) is 0 Å². The van der Waals surface area contributed by atoms with E-state index in [1.165, 1.54) is 6.07 Å². The average molecular weight is 336 g/mol. The standard InChI is InChI=1S/C17H18F2N2OS/c18-15-8-7-12(10-16(15)19)20-17(22)21(13-4-1-2-5-13)11-14-6-3-9-23-14/h3,6-10,13H,1-2,4-5,11H2,(H,20,22). The number of urea groups is 1. The fraction of sp³-hybridized carbons (Fsp3) is 0.353. The highest BCUT2D eigenvalue weighted by Gasteiger charge is 2.27. The van der Waals surface area contributed by atoms with Crippen LogP contribution < -0.4 is 5.32 Å². The van der Waals surface area contributed by atoms with Gasteiger partial charge in [0.25, 0.3) is 0 Å². The molecule has 0 bridgehead atoms. The summed E-state index contributed by atoms with van der Waals surface area (Å²) < 4.78 is 26.3. The Balaban J connectivity index is 1.74. The first-order chi connectivity index (χ1) is 11.1. The average Bonchev–Trinajstić information content (AvgIpc) is 3.21. The van der Waals surface area contributed by atoms with Crippen LogP contribution in [0.15, 0.2) is 35.7 Å².